The molecule has 0 bridgehead atoms. The van der Waals surface area contributed by atoms with Crippen molar-refractivity contribution in [2.24, 2.45) is 46.3 Å². The highest BCUT2D eigenvalue weighted by atomic mass is 16.4. The van der Waals surface area contributed by atoms with Crippen LogP contribution in [0.5, 0.6) is 0 Å². The molecule has 0 saturated heterocycles. The Bertz CT molecular complexity index is 574. The molecule has 4 fully saturated rings. The fourth-order valence-corrected chi connectivity index (χ4v) is 8.76. The highest BCUT2D eigenvalue weighted by molar-refractivity contribution is 5.66. The molecule has 1 unspecified atom stereocenters. The van der Waals surface area contributed by atoms with Crippen LogP contribution in [0.3, 0.4) is 0 Å². The zero-order valence-corrected chi connectivity index (χ0v) is 17.6. The minimum atomic E-state index is -0.643. The normalized spacial score (nSPS) is 50.4. The molecule has 4 aliphatic rings. The molecule has 0 radical (unpaired) electrons. The van der Waals surface area contributed by atoms with Gasteiger partial charge in [0.05, 0.1) is 6.10 Å². The molecule has 27 heavy (non-hydrogen) atoms. The largest absolute Gasteiger partial charge is 0.481 e. The molecule has 0 spiro atoms. The van der Waals surface area contributed by atoms with E-state index in [-0.39, 0.29) is 6.10 Å². The maximum absolute atomic E-state index is 11.0. The molecule has 2 N–H and O–H groups in total. The number of carboxylic acids is 1. The van der Waals surface area contributed by atoms with Crippen LogP contribution in [0.25, 0.3) is 0 Å². The van der Waals surface area contributed by atoms with Crippen molar-refractivity contribution in [3.05, 3.63) is 0 Å². The summed E-state index contributed by atoms with van der Waals surface area (Å²) in [5.74, 6) is 3.91. The Balaban J connectivity index is 1.51. The lowest BCUT2D eigenvalue weighted by Gasteiger charge is -2.61. The molecule has 0 aromatic heterocycles. The van der Waals surface area contributed by atoms with Gasteiger partial charge in [-0.1, -0.05) is 20.8 Å². The van der Waals surface area contributed by atoms with E-state index in [1.54, 1.807) is 0 Å². The van der Waals surface area contributed by atoms with Gasteiger partial charge in [-0.15, -0.1) is 0 Å². The molecule has 0 heterocycles. The lowest BCUT2D eigenvalue weighted by atomic mass is 9.44. The second kappa shape index (κ2) is 7.04. The van der Waals surface area contributed by atoms with Crippen LogP contribution in [-0.2, 0) is 4.79 Å². The molecule has 154 valence electrons. The Labute approximate surface area is 165 Å². The van der Waals surface area contributed by atoms with Crippen molar-refractivity contribution >= 4 is 5.97 Å². The van der Waals surface area contributed by atoms with E-state index >= 15 is 0 Å². The van der Waals surface area contributed by atoms with Crippen LogP contribution in [0.2, 0.25) is 0 Å². The van der Waals surface area contributed by atoms with Gasteiger partial charge in [-0.05, 0) is 111 Å². The maximum Gasteiger partial charge on any atom is 0.303 e. The third kappa shape index (κ3) is 3.16. The SMILES string of the molecule is C[C@H](CCC(=O)O)[C@H]1CC[C@@H]2[C@@H]3CCC4C[C@H](O)CC[C@]4(C)[C@H]3CC[C@@]21C. The fraction of sp³-hybridized carbons (Fsp3) is 0.958. The summed E-state index contributed by atoms with van der Waals surface area (Å²) in [6.45, 7) is 7.43. The predicted molar refractivity (Wildman–Crippen MR) is 107 cm³/mol. The molecule has 3 heteroatoms. The number of aliphatic hydroxyl groups excluding tert-OH is 1. The van der Waals surface area contributed by atoms with Gasteiger partial charge in [0.15, 0.2) is 0 Å². The van der Waals surface area contributed by atoms with E-state index in [1.165, 1.54) is 44.9 Å². The number of aliphatic hydroxyl groups is 1. The fourth-order valence-electron chi connectivity index (χ4n) is 8.76. The van der Waals surface area contributed by atoms with E-state index in [4.69, 9.17) is 5.11 Å². The molecular weight excluding hydrogens is 336 g/mol. The maximum atomic E-state index is 11.0. The van der Waals surface area contributed by atoms with Gasteiger partial charge in [0.2, 0.25) is 0 Å². The summed E-state index contributed by atoms with van der Waals surface area (Å²) >= 11 is 0. The monoisotopic (exact) mass is 376 g/mol. The van der Waals surface area contributed by atoms with Crippen LogP contribution >= 0.6 is 0 Å². The number of fused-ring (bicyclic) bond motifs is 5. The number of carbonyl (C=O) groups is 1. The summed E-state index contributed by atoms with van der Waals surface area (Å²) in [6.07, 6.45) is 12.4. The highest BCUT2D eigenvalue weighted by Gasteiger charge is 2.60. The highest BCUT2D eigenvalue weighted by Crippen LogP contribution is 2.68. The summed E-state index contributed by atoms with van der Waals surface area (Å²) in [6, 6.07) is 0. The number of aliphatic carboxylic acids is 1. The van der Waals surface area contributed by atoms with Crippen molar-refractivity contribution in [3.8, 4) is 0 Å². The van der Waals surface area contributed by atoms with E-state index in [0.717, 1.165) is 42.9 Å². The molecule has 0 aromatic rings. The van der Waals surface area contributed by atoms with Crippen molar-refractivity contribution in [2.45, 2.75) is 97.5 Å². The van der Waals surface area contributed by atoms with E-state index in [2.05, 4.69) is 20.8 Å². The van der Waals surface area contributed by atoms with Gasteiger partial charge in [0, 0.05) is 6.42 Å². The van der Waals surface area contributed by atoms with Gasteiger partial charge in [-0.3, -0.25) is 4.79 Å². The lowest BCUT2D eigenvalue weighted by molar-refractivity contribution is -0.138. The average molecular weight is 377 g/mol. The Morgan fingerprint density at radius 2 is 1.70 bits per heavy atom. The topological polar surface area (TPSA) is 57.5 Å². The van der Waals surface area contributed by atoms with Gasteiger partial charge < -0.3 is 10.2 Å². The molecule has 4 rings (SSSR count). The molecule has 9 atom stereocenters. The van der Waals surface area contributed by atoms with Crippen LogP contribution in [0.1, 0.15) is 91.4 Å². The summed E-state index contributed by atoms with van der Waals surface area (Å²) < 4.78 is 0. The number of hydrogen-bond acceptors (Lipinski definition) is 2. The second-order valence-corrected chi connectivity index (χ2v) is 11.2. The molecule has 4 aliphatic carbocycles. The van der Waals surface area contributed by atoms with Gasteiger partial charge in [-0.2, -0.15) is 0 Å². The van der Waals surface area contributed by atoms with Crippen molar-refractivity contribution < 1.29 is 15.0 Å². The van der Waals surface area contributed by atoms with Crippen LogP contribution in [-0.4, -0.2) is 22.3 Å². The first-order valence-electron chi connectivity index (χ1n) is 11.7. The Kier molecular flexibility index (Phi) is 5.15. The molecule has 4 saturated carbocycles. The van der Waals surface area contributed by atoms with Gasteiger partial charge >= 0.3 is 5.97 Å². The first-order valence-corrected chi connectivity index (χ1v) is 11.7. The van der Waals surface area contributed by atoms with Crippen molar-refractivity contribution in [1.82, 2.24) is 0 Å². The minimum Gasteiger partial charge on any atom is -0.481 e. The average Bonchev–Trinajstić information content (AvgIpc) is 2.97. The van der Waals surface area contributed by atoms with E-state index in [0.29, 0.717) is 29.1 Å². The molecule has 0 amide bonds. The molecular formula is C24H40O3. The van der Waals surface area contributed by atoms with Gasteiger partial charge in [-0.25, -0.2) is 0 Å². The van der Waals surface area contributed by atoms with E-state index in [9.17, 15) is 9.90 Å². The first-order chi connectivity index (χ1) is 12.8. The minimum absolute atomic E-state index is 0.0561. The van der Waals surface area contributed by atoms with Crippen molar-refractivity contribution in [1.29, 1.82) is 0 Å². The number of hydrogen-bond donors (Lipinski definition) is 2. The predicted octanol–water partition coefficient (Wildman–Crippen LogP) is 5.51. The quantitative estimate of drug-likeness (QED) is 0.680. The zero-order chi connectivity index (χ0) is 19.4. The Hall–Kier alpha value is -0.570. The molecule has 0 aromatic carbocycles. The standard InChI is InChI=1S/C24H40O3/c1-15(4-9-22(26)27)19-7-8-20-18-6-5-16-14-17(25)10-12-23(16,2)21(18)11-13-24(19,20)3/h15-21,25H,4-14H2,1-3H3,(H,26,27)/t15-,16?,17-,18+,19-,20-,21+,23+,24-/m1/s1. The summed E-state index contributed by atoms with van der Waals surface area (Å²) in [7, 11) is 0. The molecule has 3 nitrogen and oxygen atoms in total. The van der Waals surface area contributed by atoms with Gasteiger partial charge in [0.1, 0.15) is 0 Å². The van der Waals surface area contributed by atoms with E-state index < -0.39 is 5.97 Å². The third-order valence-corrected chi connectivity index (χ3v) is 10.2. The Morgan fingerprint density at radius 1 is 1.00 bits per heavy atom. The molecule has 0 aliphatic heterocycles. The van der Waals surface area contributed by atoms with Crippen LogP contribution < -0.4 is 0 Å². The second-order valence-electron chi connectivity index (χ2n) is 11.2. The van der Waals surface area contributed by atoms with Crippen LogP contribution in [0.15, 0.2) is 0 Å². The Morgan fingerprint density at radius 3 is 2.44 bits per heavy atom. The zero-order valence-electron chi connectivity index (χ0n) is 17.6. The van der Waals surface area contributed by atoms with Crippen LogP contribution in [0.4, 0.5) is 0 Å². The third-order valence-electron chi connectivity index (χ3n) is 10.2. The van der Waals surface area contributed by atoms with Gasteiger partial charge in [0.25, 0.3) is 0 Å². The van der Waals surface area contributed by atoms with Crippen LogP contribution in [0, 0.1) is 46.3 Å². The lowest BCUT2D eigenvalue weighted by Crippen LogP contribution is -2.54. The first kappa shape index (κ1) is 19.7. The van der Waals surface area contributed by atoms with Crippen molar-refractivity contribution in [3.63, 3.8) is 0 Å². The number of rotatable bonds is 4. The summed E-state index contributed by atoms with van der Waals surface area (Å²) in [5.41, 5.74) is 0.882. The van der Waals surface area contributed by atoms with E-state index in [1.807, 2.05) is 0 Å². The smallest absolute Gasteiger partial charge is 0.303 e. The summed E-state index contributed by atoms with van der Waals surface area (Å²) in [5, 5.41) is 19.3. The van der Waals surface area contributed by atoms with Crippen molar-refractivity contribution in [2.75, 3.05) is 0 Å². The number of carboxylic acid groups (broad SMARTS) is 1. The summed E-state index contributed by atoms with van der Waals surface area (Å²) in [4.78, 5) is 11.0.